The number of ether oxygens (including phenoxy) is 7. The number of carbonyl (C=O) groups is 3. The van der Waals surface area contributed by atoms with E-state index in [1.54, 1.807) is 0 Å². The minimum Gasteiger partial charge on any atom is -0.466 e. The van der Waals surface area contributed by atoms with Gasteiger partial charge in [0.05, 0.1) is 67.6 Å². The standard InChI is InChI=1S/C52H77N3O10/c1-38(56)59-31-25-48(3,4)61-33-27-50(7,8)63-35-29-55(30-36-64-51(9,10)28-34-62-49(5,6)26-32-60-39(2)57)43-21-17-41(18-22-43)52(40-15-19-42(20-16-40)53(11)12)46-24-23-44(54(13)14)37-45(46)47(58)65-52/h15-24,37H,25-36H2,1-14H3. The third kappa shape index (κ3) is 15.7. The number of esters is 3. The quantitative estimate of drug-likeness (QED) is 0.0535. The number of anilines is 3. The highest BCUT2D eigenvalue weighted by molar-refractivity contribution is 5.97. The van der Waals surface area contributed by atoms with Crippen LogP contribution in [0.5, 0.6) is 0 Å². The van der Waals surface area contributed by atoms with Gasteiger partial charge in [-0.05, 0) is 105 Å². The van der Waals surface area contributed by atoms with Gasteiger partial charge in [-0.1, -0.05) is 30.3 Å². The number of fused-ring (bicyclic) bond motifs is 1. The summed E-state index contributed by atoms with van der Waals surface area (Å²) in [6.45, 7) is 22.8. The van der Waals surface area contributed by atoms with Gasteiger partial charge in [-0.3, -0.25) is 9.59 Å². The molecule has 0 saturated heterocycles. The van der Waals surface area contributed by atoms with Gasteiger partial charge in [0.25, 0.3) is 0 Å². The van der Waals surface area contributed by atoms with Gasteiger partial charge in [-0.15, -0.1) is 0 Å². The Morgan fingerprint density at radius 1 is 0.523 bits per heavy atom. The molecule has 3 aromatic rings. The summed E-state index contributed by atoms with van der Waals surface area (Å²) >= 11 is 0. The zero-order valence-corrected chi connectivity index (χ0v) is 41.8. The molecule has 0 aliphatic carbocycles. The smallest absolute Gasteiger partial charge is 0.340 e. The SMILES string of the molecule is CC(=O)OCCC(C)(C)OCCC(C)(C)OCCN(CCOC(C)(C)CCOC(C)(C)CCOC(C)=O)c1ccc(C2(c3ccc(N(C)C)cc3)OC(=O)c3cc(N(C)C)ccc32)cc1. The molecule has 0 fully saturated rings. The van der Waals surface area contributed by atoms with Crippen molar-refractivity contribution in [3.05, 3.63) is 89.0 Å². The summed E-state index contributed by atoms with van der Waals surface area (Å²) in [6, 6.07) is 22.4. The van der Waals surface area contributed by atoms with Crippen LogP contribution < -0.4 is 14.7 Å². The van der Waals surface area contributed by atoms with Gasteiger partial charge in [0, 0.05) is 102 Å². The first-order chi connectivity index (χ1) is 30.4. The number of cyclic esters (lactones) is 1. The molecule has 1 atom stereocenters. The van der Waals surface area contributed by atoms with E-state index in [-0.39, 0.29) is 17.9 Å². The zero-order chi connectivity index (χ0) is 48.2. The van der Waals surface area contributed by atoms with Crippen LogP contribution in [0.2, 0.25) is 0 Å². The molecule has 65 heavy (non-hydrogen) atoms. The number of carbonyl (C=O) groups excluding carboxylic acids is 3. The first kappa shape index (κ1) is 52.9. The predicted octanol–water partition coefficient (Wildman–Crippen LogP) is 8.95. The van der Waals surface area contributed by atoms with Crippen molar-refractivity contribution in [1.82, 2.24) is 0 Å². The van der Waals surface area contributed by atoms with E-state index in [1.807, 2.05) is 108 Å². The molecule has 0 spiro atoms. The molecule has 0 saturated carbocycles. The van der Waals surface area contributed by atoms with Gasteiger partial charge in [-0.2, -0.15) is 0 Å². The predicted molar refractivity (Wildman–Crippen MR) is 257 cm³/mol. The summed E-state index contributed by atoms with van der Waals surface area (Å²) < 4.78 is 42.2. The molecule has 1 heterocycles. The monoisotopic (exact) mass is 904 g/mol. The van der Waals surface area contributed by atoms with Gasteiger partial charge in [0.15, 0.2) is 5.60 Å². The Labute approximate surface area is 389 Å². The maximum absolute atomic E-state index is 13.8. The molecule has 13 heteroatoms. The summed E-state index contributed by atoms with van der Waals surface area (Å²) in [5, 5.41) is 0. The fourth-order valence-electron chi connectivity index (χ4n) is 7.58. The number of hydrogen-bond donors (Lipinski definition) is 0. The van der Waals surface area contributed by atoms with Crippen LogP contribution >= 0.6 is 0 Å². The molecule has 4 rings (SSSR count). The second-order valence-electron chi connectivity index (χ2n) is 19.8. The Kier molecular flexibility index (Phi) is 18.5. The topological polar surface area (TPSA) is 126 Å². The van der Waals surface area contributed by atoms with Crippen LogP contribution in [0.3, 0.4) is 0 Å². The third-order valence-corrected chi connectivity index (χ3v) is 11.9. The van der Waals surface area contributed by atoms with Crippen LogP contribution in [0, 0.1) is 0 Å². The Bertz CT molecular complexity index is 1950. The lowest BCUT2D eigenvalue weighted by molar-refractivity contribution is -0.144. The molecule has 1 aliphatic heterocycles. The molecule has 360 valence electrons. The minimum absolute atomic E-state index is 0.297. The molecule has 13 nitrogen and oxygen atoms in total. The Balaban J connectivity index is 1.55. The summed E-state index contributed by atoms with van der Waals surface area (Å²) in [7, 11) is 7.92. The molecule has 0 amide bonds. The lowest BCUT2D eigenvalue weighted by Crippen LogP contribution is -2.37. The Hall–Kier alpha value is -4.69. The third-order valence-electron chi connectivity index (χ3n) is 11.9. The maximum Gasteiger partial charge on any atom is 0.340 e. The van der Waals surface area contributed by atoms with Crippen molar-refractivity contribution in [2.24, 2.45) is 0 Å². The van der Waals surface area contributed by atoms with E-state index in [0.717, 1.165) is 33.8 Å². The van der Waals surface area contributed by atoms with E-state index in [1.165, 1.54) is 13.8 Å². The van der Waals surface area contributed by atoms with Crippen molar-refractivity contribution >= 4 is 35.0 Å². The van der Waals surface area contributed by atoms with Crippen LogP contribution in [0.1, 0.15) is 122 Å². The van der Waals surface area contributed by atoms with Crippen molar-refractivity contribution in [3.63, 3.8) is 0 Å². The summed E-state index contributed by atoms with van der Waals surface area (Å²) in [5.74, 6) is -0.958. The van der Waals surface area contributed by atoms with Crippen LogP contribution in [-0.4, -0.2) is 121 Å². The zero-order valence-electron chi connectivity index (χ0n) is 41.8. The fraction of sp³-hybridized carbons (Fsp3) is 0.596. The lowest BCUT2D eigenvalue weighted by Gasteiger charge is -2.33. The molecule has 1 aliphatic rings. The highest BCUT2D eigenvalue weighted by Crippen LogP contribution is 2.48. The van der Waals surface area contributed by atoms with Crippen LogP contribution in [0.25, 0.3) is 0 Å². The molecule has 1 unspecified atom stereocenters. The van der Waals surface area contributed by atoms with Gasteiger partial charge in [0.1, 0.15) is 0 Å². The minimum atomic E-state index is -1.15. The summed E-state index contributed by atoms with van der Waals surface area (Å²) in [5.41, 5.74) is 3.00. The first-order valence-electron chi connectivity index (χ1n) is 22.9. The maximum atomic E-state index is 13.8. The van der Waals surface area contributed by atoms with Crippen molar-refractivity contribution in [2.45, 2.75) is 123 Å². The van der Waals surface area contributed by atoms with Gasteiger partial charge >= 0.3 is 17.9 Å². The second-order valence-corrected chi connectivity index (χ2v) is 19.8. The fourth-order valence-corrected chi connectivity index (χ4v) is 7.58. The van der Waals surface area contributed by atoms with Crippen LogP contribution in [0.4, 0.5) is 17.1 Å². The van der Waals surface area contributed by atoms with E-state index in [0.29, 0.717) is 84.0 Å². The number of nitrogens with zero attached hydrogens (tertiary/aromatic N) is 3. The van der Waals surface area contributed by atoms with Gasteiger partial charge < -0.3 is 47.9 Å². The van der Waals surface area contributed by atoms with E-state index in [2.05, 4.69) is 56.9 Å². The van der Waals surface area contributed by atoms with Gasteiger partial charge in [-0.25, -0.2) is 4.79 Å². The second kappa shape index (κ2) is 22.7. The highest BCUT2D eigenvalue weighted by Gasteiger charge is 2.49. The molecule has 0 N–H and O–H groups in total. The average molecular weight is 904 g/mol. The Morgan fingerprint density at radius 3 is 1.29 bits per heavy atom. The van der Waals surface area contributed by atoms with Crippen molar-refractivity contribution < 1.29 is 47.5 Å². The van der Waals surface area contributed by atoms with Crippen LogP contribution in [0.15, 0.2) is 66.7 Å². The molecule has 0 aromatic heterocycles. The molecule has 0 radical (unpaired) electrons. The number of benzene rings is 3. The first-order valence-corrected chi connectivity index (χ1v) is 22.9. The van der Waals surface area contributed by atoms with Crippen molar-refractivity contribution in [2.75, 3.05) is 95.6 Å². The molecule has 0 bridgehead atoms. The molecular weight excluding hydrogens is 827 g/mol. The van der Waals surface area contributed by atoms with Crippen molar-refractivity contribution in [3.8, 4) is 0 Å². The number of hydrogen-bond acceptors (Lipinski definition) is 13. The van der Waals surface area contributed by atoms with E-state index in [9.17, 15) is 14.4 Å². The number of rotatable bonds is 27. The summed E-state index contributed by atoms with van der Waals surface area (Å²) in [6.07, 6.45) is 2.54. The largest absolute Gasteiger partial charge is 0.466 e. The van der Waals surface area contributed by atoms with E-state index < -0.39 is 28.0 Å². The highest BCUT2D eigenvalue weighted by atomic mass is 16.6. The average Bonchev–Trinajstić information content (AvgIpc) is 3.51. The summed E-state index contributed by atoms with van der Waals surface area (Å²) in [4.78, 5) is 42.5. The normalized spacial score (nSPS) is 15.3. The van der Waals surface area contributed by atoms with E-state index in [4.69, 9.17) is 33.2 Å². The van der Waals surface area contributed by atoms with E-state index >= 15 is 0 Å². The molecular formula is C52H77N3O10. The lowest BCUT2D eigenvalue weighted by atomic mass is 9.79. The Morgan fingerprint density at radius 2 is 0.892 bits per heavy atom. The molecule has 3 aromatic carbocycles. The van der Waals surface area contributed by atoms with Crippen LogP contribution in [-0.2, 0) is 48.3 Å². The van der Waals surface area contributed by atoms with Gasteiger partial charge in [0.2, 0.25) is 0 Å². The van der Waals surface area contributed by atoms with Crippen molar-refractivity contribution in [1.29, 1.82) is 0 Å².